The molecule has 1 amide bonds. The van der Waals surface area contributed by atoms with Crippen molar-refractivity contribution < 1.29 is 4.79 Å². The van der Waals surface area contributed by atoms with Gasteiger partial charge in [0, 0.05) is 37.0 Å². The highest BCUT2D eigenvalue weighted by Crippen LogP contribution is 2.16. The molecule has 0 aliphatic rings. The van der Waals surface area contributed by atoms with E-state index in [9.17, 15) is 4.79 Å². The Morgan fingerprint density at radius 1 is 1.25 bits per heavy atom. The number of nitrogens with two attached hydrogens (primary N) is 1. The zero-order valence-corrected chi connectivity index (χ0v) is 15.0. The maximum Gasteiger partial charge on any atom is 0.248 e. The number of primary amides is 1. The number of aliphatic imine (C=N–C) groups is 1. The molecule has 24 heavy (non-hydrogen) atoms. The normalized spacial score (nSPS) is 11.4. The van der Waals surface area contributed by atoms with Crippen LogP contribution in [0.4, 0.5) is 0 Å². The molecule has 0 spiro atoms. The SMILES string of the molecule is CN=C(NCCc1nc(C)c(C)s1)NCc1ccc(C(N)=O)cc1. The van der Waals surface area contributed by atoms with Crippen molar-refractivity contribution in [1.82, 2.24) is 15.6 Å². The van der Waals surface area contributed by atoms with Crippen molar-refractivity contribution in [2.45, 2.75) is 26.8 Å². The summed E-state index contributed by atoms with van der Waals surface area (Å²) >= 11 is 1.74. The molecule has 6 nitrogen and oxygen atoms in total. The summed E-state index contributed by atoms with van der Waals surface area (Å²) in [6.07, 6.45) is 0.868. The lowest BCUT2D eigenvalue weighted by atomic mass is 10.1. The average molecular weight is 345 g/mol. The smallest absolute Gasteiger partial charge is 0.248 e. The molecule has 0 atom stereocenters. The summed E-state index contributed by atoms with van der Waals surface area (Å²) in [7, 11) is 1.74. The van der Waals surface area contributed by atoms with E-state index in [1.54, 1.807) is 30.5 Å². The van der Waals surface area contributed by atoms with Gasteiger partial charge in [-0.3, -0.25) is 9.79 Å². The van der Waals surface area contributed by atoms with Crippen LogP contribution in [-0.2, 0) is 13.0 Å². The van der Waals surface area contributed by atoms with Crippen molar-refractivity contribution in [3.05, 3.63) is 51.0 Å². The molecular formula is C17H23N5OS. The van der Waals surface area contributed by atoms with Crippen molar-refractivity contribution >= 4 is 23.2 Å². The third-order valence-corrected chi connectivity index (χ3v) is 4.76. The Hall–Kier alpha value is -2.41. The molecule has 0 aliphatic carbocycles. The summed E-state index contributed by atoms with van der Waals surface area (Å²) in [5, 5.41) is 7.66. The molecule has 4 N–H and O–H groups in total. The lowest BCUT2D eigenvalue weighted by molar-refractivity contribution is 0.100. The Morgan fingerprint density at radius 3 is 2.50 bits per heavy atom. The molecule has 0 saturated carbocycles. The number of hydrogen-bond acceptors (Lipinski definition) is 4. The number of rotatable bonds is 6. The minimum atomic E-state index is -0.417. The second-order valence-electron chi connectivity index (χ2n) is 5.41. The van der Waals surface area contributed by atoms with Gasteiger partial charge >= 0.3 is 0 Å². The van der Waals surface area contributed by atoms with Crippen molar-refractivity contribution in [3.63, 3.8) is 0 Å². The van der Waals surface area contributed by atoms with Gasteiger partial charge in [-0.15, -0.1) is 11.3 Å². The van der Waals surface area contributed by atoms with E-state index < -0.39 is 5.91 Å². The van der Waals surface area contributed by atoms with Gasteiger partial charge in [0.1, 0.15) is 0 Å². The summed E-state index contributed by atoms with van der Waals surface area (Å²) < 4.78 is 0. The quantitative estimate of drug-likeness (QED) is 0.549. The predicted molar refractivity (Wildman–Crippen MR) is 98.5 cm³/mol. The molecule has 0 bridgehead atoms. The van der Waals surface area contributed by atoms with Crippen LogP contribution in [0.2, 0.25) is 0 Å². The Bertz CT molecular complexity index is 702. The maximum absolute atomic E-state index is 11.1. The van der Waals surface area contributed by atoms with Crippen molar-refractivity contribution in [3.8, 4) is 0 Å². The van der Waals surface area contributed by atoms with Gasteiger partial charge in [-0.1, -0.05) is 12.1 Å². The fraction of sp³-hybridized carbons (Fsp3) is 0.353. The predicted octanol–water partition coefficient (Wildman–Crippen LogP) is 1.77. The zero-order valence-electron chi connectivity index (χ0n) is 14.2. The van der Waals surface area contributed by atoms with Gasteiger partial charge in [-0.25, -0.2) is 4.98 Å². The summed E-state index contributed by atoms with van der Waals surface area (Å²) in [6, 6.07) is 7.20. The van der Waals surface area contributed by atoms with Gasteiger partial charge < -0.3 is 16.4 Å². The van der Waals surface area contributed by atoms with Crippen LogP contribution in [-0.4, -0.2) is 30.4 Å². The van der Waals surface area contributed by atoms with E-state index >= 15 is 0 Å². The van der Waals surface area contributed by atoms with Crippen LogP contribution in [0.5, 0.6) is 0 Å². The second-order valence-corrected chi connectivity index (χ2v) is 6.70. The number of nitrogens with one attached hydrogen (secondary N) is 2. The highest BCUT2D eigenvalue weighted by Gasteiger charge is 2.04. The Kier molecular flexibility index (Phi) is 6.31. The summed E-state index contributed by atoms with van der Waals surface area (Å²) in [5.41, 5.74) is 7.90. The monoisotopic (exact) mass is 345 g/mol. The van der Waals surface area contributed by atoms with E-state index in [1.807, 2.05) is 19.1 Å². The standard InChI is InChI=1S/C17H23N5OS/c1-11-12(2)24-15(22-11)8-9-20-17(19-3)21-10-13-4-6-14(7-5-13)16(18)23/h4-7H,8-10H2,1-3H3,(H2,18,23)(H2,19,20,21). The van der Waals surface area contributed by atoms with Gasteiger partial charge in [-0.05, 0) is 31.5 Å². The topological polar surface area (TPSA) is 92.4 Å². The number of thiazole rings is 1. The van der Waals surface area contributed by atoms with Crippen molar-refractivity contribution in [1.29, 1.82) is 0 Å². The molecule has 1 heterocycles. The first-order chi connectivity index (χ1) is 11.5. The van der Waals surface area contributed by atoms with Crippen LogP contribution in [0.15, 0.2) is 29.3 Å². The largest absolute Gasteiger partial charge is 0.366 e. The van der Waals surface area contributed by atoms with Crippen LogP contribution < -0.4 is 16.4 Å². The van der Waals surface area contributed by atoms with E-state index in [0.29, 0.717) is 12.1 Å². The molecule has 0 radical (unpaired) electrons. The summed E-state index contributed by atoms with van der Waals surface area (Å²) in [4.78, 5) is 21.1. The Morgan fingerprint density at radius 2 is 1.96 bits per heavy atom. The molecule has 2 rings (SSSR count). The number of amides is 1. The van der Waals surface area contributed by atoms with Crippen molar-refractivity contribution in [2.75, 3.05) is 13.6 Å². The summed E-state index contributed by atoms with van der Waals surface area (Å²) in [5.74, 6) is 0.318. The highest BCUT2D eigenvalue weighted by molar-refractivity contribution is 7.11. The number of guanidine groups is 1. The van der Waals surface area contributed by atoms with E-state index in [1.165, 1.54) is 4.88 Å². The summed E-state index contributed by atoms with van der Waals surface area (Å²) in [6.45, 7) is 5.52. The van der Waals surface area contributed by atoms with Crippen LogP contribution in [0.3, 0.4) is 0 Å². The van der Waals surface area contributed by atoms with Crippen LogP contribution >= 0.6 is 11.3 Å². The highest BCUT2D eigenvalue weighted by atomic mass is 32.1. The van der Waals surface area contributed by atoms with Crippen LogP contribution in [0.1, 0.15) is 31.5 Å². The third kappa shape index (κ3) is 5.06. The van der Waals surface area contributed by atoms with E-state index in [2.05, 4.69) is 27.5 Å². The number of carbonyl (C=O) groups excluding carboxylic acids is 1. The van der Waals surface area contributed by atoms with Gasteiger partial charge in [0.25, 0.3) is 0 Å². The molecule has 0 saturated heterocycles. The number of carbonyl (C=O) groups is 1. The second kappa shape index (κ2) is 8.44. The lowest BCUT2D eigenvalue weighted by Gasteiger charge is -2.11. The number of hydrogen-bond donors (Lipinski definition) is 3. The van der Waals surface area contributed by atoms with Gasteiger partial charge in [0.2, 0.25) is 5.91 Å². The molecule has 1 aromatic heterocycles. The zero-order chi connectivity index (χ0) is 17.5. The van der Waals surface area contributed by atoms with Crippen LogP contribution in [0.25, 0.3) is 0 Å². The molecule has 1 aromatic carbocycles. The molecule has 0 fully saturated rings. The fourth-order valence-corrected chi connectivity index (χ4v) is 3.06. The molecule has 2 aromatic rings. The van der Waals surface area contributed by atoms with Crippen molar-refractivity contribution in [2.24, 2.45) is 10.7 Å². The third-order valence-electron chi connectivity index (χ3n) is 3.63. The number of aromatic nitrogens is 1. The maximum atomic E-state index is 11.1. The first-order valence-electron chi connectivity index (χ1n) is 7.75. The molecule has 7 heteroatoms. The van der Waals surface area contributed by atoms with E-state index in [4.69, 9.17) is 5.73 Å². The Balaban J connectivity index is 1.78. The molecule has 0 unspecified atom stereocenters. The minimum absolute atomic E-state index is 0.417. The molecule has 0 aliphatic heterocycles. The first kappa shape index (κ1) is 17.9. The number of nitrogens with zero attached hydrogens (tertiary/aromatic N) is 2. The Labute approximate surface area is 146 Å². The minimum Gasteiger partial charge on any atom is -0.366 e. The van der Waals surface area contributed by atoms with Gasteiger partial charge in [-0.2, -0.15) is 0 Å². The average Bonchev–Trinajstić information content (AvgIpc) is 2.89. The number of benzene rings is 1. The van der Waals surface area contributed by atoms with E-state index in [-0.39, 0.29) is 0 Å². The molecule has 128 valence electrons. The van der Waals surface area contributed by atoms with E-state index in [0.717, 1.165) is 35.2 Å². The fourth-order valence-electron chi connectivity index (χ4n) is 2.13. The first-order valence-corrected chi connectivity index (χ1v) is 8.57. The van der Waals surface area contributed by atoms with Gasteiger partial charge in [0.15, 0.2) is 5.96 Å². The number of aryl methyl sites for hydroxylation is 2. The molecular weight excluding hydrogens is 322 g/mol. The lowest BCUT2D eigenvalue weighted by Crippen LogP contribution is -2.37. The van der Waals surface area contributed by atoms with Crippen LogP contribution in [0, 0.1) is 13.8 Å². The van der Waals surface area contributed by atoms with Gasteiger partial charge in [0.05, 0.1) is 10.7 Å².